The van der Waals surface area contributed by atoms with E-state index in [1.165, 1.54) is 5.56 Å². The molecule has 0 bridgehead atoms. The van der Waals surface area contributed by atoms with Gasteiger partial charge in [-0.3, -0.25) is 4.79 Å². The molecule has 1 atom stereocenters. The highest BCUT2D eigenvalue weighted by atomic mass is 16.1. The van der Waals surface area contributed by atoms with Gasteiger partial charge in [-0.1, -0.05) is 58.0 Å². The summed E-state index contributed by atoms with van der Waals surface area (Å²) in [6, 6.07) is 11.6. The average molecular weight is 298 g/mol. The molecule has 2 aromatic rings. The number of nitrogens with two attached hydrogens (primary N) is 1. The van der Waals surface area contributed by atoms with Gasteiger partial charge in [0.1, 0.15) is 0 Å². The molecule has 22 heavy (non-hydrogen) atoms. The van der Waals surface area contributed by atoms with Gasteiger partial charge in [-0.05, 0) is 29.0 Å². The molecule has 0 saturated heterocycles. The Bertz CT molecular complexity index is 669. The van der Waals surface area contributed by atoms with E-state index in [4.69, 9.17) is 5.73 Å². The highest BCUT2D eigenvalue weighted by Crippen LogP contribution is 2.20. The minimum absolute atomic E-state index is 0.0108. The number of benzene rings is 1. The Morgan fingerprint density at radius 3 is 2.14 bits per heavy atom. The lowest BCUT2D eigenvalue weighted by atomic mass is 9.96. The van der Waals surface area contributed by atoms with Gasteiger partial charge >= 0.3 is 0 Å². The SMILES string of the molecule is CC(C)Cn1cccc(C(N)c2ccc(C(C)C)cc2)c1=O. The van der Waals surface area contributed by atoms with Gasteiger partial charge in [0, 0.05) is 18.3 Å². The van der Waals surface area contributed by atoms with Crippen molar-refractivity contribution >= 4 is 0 Å². The fraction of sp³-hybridized carbons (Fsp3) is 0.421. The zero-order valence-corrected chi connectivity index (χ0v) is 13.9. The van der Waals surface area contributed by atoms with Crippen molar-refractivity contribution in [2.75, 3.05) is 0 Å². The van der Waals surface area contributed by atoms with Crippen LogP contribution in [0.25, 0.3) is 0 Å². The van der Waals surface area contributed by atoms with Crippen molar-refractivity contribution in [3.63, 3.8) is 0 Å². The van der Waals surface area contributed by atoms with Crippen LogP contribution in [0.5, 0.6) is 0 Å². The molecule has 0 fully saturated rings. The number of rotatable bonds is 5. The first-order chi connectivity index (χ1) is 10.4. The van der Waals surface area contributed by atoms with Gasteiger partial charge in [0.25, 0.3) is 5.56 Å². The van der Waals surface area contributed by atoms with E-state index in [0.29, 0.717) is 23.9 Å². The third kappa shape index (κ3) is 3.66. The average Bonchev–Trinajstić information content (AvgIpc) is 2.48. The van der Waals surface area contributed by atoms with Crippen LogP contribution in [-0.2, 0) is 6.54 Å². The Balaban J connectivity index is 2.33. The predicted octanol–water partition coefficient (Wildman–Crippen LogP) is 3.68. The minimum atomic E-state index is -0.381. The Morgan fingerprint density at radius 2 is 1.59 bits per heavy atom. The monoisotopic (exact) mass is 298 g/mol. The molecule has 2 N–H and O–H groups in total. The van der Waals surface area contributed by atoms with Gasteiger partial charge in [0.15, 0.2) is 0 Å². The Kier molecular flexibility index (Phi) is 5.19. The second-order valence-corrected chi connectivity index (χ2v) is 6.61. The fourth-order valence-corrected chi connectivity index (χ4v) is 2.60. The summed E-state index contributed by atoms with van der Waals surface area (Å²) in [6.07, 6.45) is 1.83. The number of pyridine rings is 1. The standard InChI is InChI=1S/C19H26N2O/c1-13(2)12-21-11-5-6-17(19(21)22)18(20)16-9-7-15(8-10-16)14(3)4/h5-11,13-14,18H,12,20H2,1-4H3. The van der Waals surface area contributed by atoms with E-state index in [9.17, 15) is 4.79 Å². The zero-order chi connectivity index (χ0) is 16.3. The molecule has 0 amide bonds. The van der Waals surface area contributed by atoms with Crippen LogP contribution in [0, 0.1) is 5.92 Å². The van der Waals surface area contributed by atoms with Gasteiger partial charge in [-0.15, -0.1) is 0 Å². The summed E-state index contributed by atoms with van der Waals surface area (Å²) in [4.78, 5) is 12.6. The Hall–Kier alpha value is -1.87. The summed E-state index contributed by atoms with van der Waals surface area (Å²) in [5, 5.41) is 0. The van der Waals surface area contributed by atoms with Gasteiger partial charge in [0.2, 0.25) is 0 Å². The summed E-state index contributed by atoms with van der Waals surface area (Å²) < 4.78 is 1.75. The lowest BCUT2D eigenvalue weighted by molar-refractivity contribution is 0.507. The van der Waals surface area contributed by atoms with E-state index in [0.717, 1.165) is 5.56 Å². The molecule has 0 aliphatic carbocycles. The van der Waals surface area contributed by atoms with E-state index in [2.05, 4.69) is 39.8 Å². The van der Waals surface area contributed by atoms with Crippen molar-refractivity contribution < 1.29 is 0 Å². The molecule has 3 heteroatoms. The lowest BCUT2D eigenvalue weighted by Crippen LogP contribution is -2.29. The number of nitrogens with zero attached hydrogens (tertiary/aromatic N) is 1. The molecule has 2 rings (SSSR count). The fourth-order valence-electron chi connectivity index (χ4n) is 2.60. The molecule has 0 radical (unpaired) electrons. The zero-order valence-electron chi connectivity index (χ0n) is 13.9. The van der Waals surface area contributed by atoms with Crippen molar-refractivity contribution in [2.24, 2.45) is 11.7 Å². The first kappa shape index (κ1) is 16.5. The minimum Gasteiger partial charge on any atom is -0.320 e. The molecule has 1 unspecified atom stereocenters. The quantitative estimate of drug-likeness (QED) is 0.915. The maximum atomic E-state index is 12.6. The number of aromatic nitrogens is 1. The molecule has 0 saturated carbocycles. The topological polar surface area (TPSA) is 48.0 Å². The van der Waals surface area contributed by atoms with E-state index >= 15 is 0 Å². The normalized spacial score (nSPS) is 12.9. The van der Waals surface area contributed by atoms with E-state index in [1.54, 1.807) is 4.57 Å². The van der Waals surface area contributed by atoms with Gasteiger partial charge in [-0.25, -0.2) is 0 Å². The van der Waals surface area contributed by atoms with Crippen LogP contribution in [0.3, 0.4) is 0 Å². The maximum absolute atomic E-state index is 12.6. The summed E-state index contributed by atoms with van der Waals surface area (Å²) in [5.41, 5.74) is 9.25. The van der Waals surface area contributed by atoms with Crippen LogP contribution in [0.15, 0.2) is 47.4 Å². The molecule has 0 aliphatic rings. The first-order valence-corrected chi connectivity index (χ1v) is 7.95. The Morgan fingerprint density at radius 1 is 1.00 bits per heavy atom. The van der Waals surface area contributed by atoms with Crippen molar-refractivity contribution in [1.82, 2.24) is 4.57 Å². The lowest BCUT2D eigenvalue weighted by Gasteiger charge is -2.16. The largest absolute Gasteiger partial charge is 0.320 e. The van der Waals surface area contributed by atoms with Crippen molar-refractivity contribution in [1.29, 1.82) is 0 Å². The van der Waals surface area contributed by atoms with Crippen LogP contribution in [0.1, 0.15) is 56.3 Å². The van der Waals surface area contributed by atoms with Crippen molar-refractivity contribution in [3.05, 3.63) is 69.6 Å². The molecule has 1 aromatic carbocycles. The summed E-state index contributed by atoms with van der Waals surface area (Å²) in [7, 11) is 0. The third-order valence-corrected chi connectivity index (χ3v) is 3.91. The molecular formula is C19H26N2O. The van der Waals surface area contributed by atoms with Gasteiger partial charge in [-0.2, -0.15) is 0 Å². The van der Waals surface area contributed by atoms with Crippen LogP contribution < -0.4 is 11.3 Å². The second kappa shape index (κ2) is 6.93. The number of hydrogen-bond acceptors (Lipinski definition) is 2. The summed E-state index contributed by atoms with van der Waals surface area (Å²) in [5.74, 6) is 0.916. The molecule has 1 aromatic heterocycles. The van der Waals surface area contributed by atoms with Crippen molar-refractivity contribution in [3.8, 4) is 0 Å². The predicted molar refractivity (Wildman–Crippen MR) is 92.1 cm³/mol. The molecule has 1 heterocycles. The first-order valence-electron chi connectivity index (χ1n) is 7.95. The highest BCUT2D eigenvalue weighted by molar-refractivity contribution is 5.33. The van der Waals surface area contributed by atoms with Gasteiger partial charge < -0.3 is 10.3 Å². The van der Waals surface area contributed by atoms with Crippen LogP contribution in [0.4, 0.5) is 0 Å². The molecule has 3 nitrogen and oxygen atoms in total. The summed E-state index contributed by atoms with van der Waals surface area (Å²) in [6.45, 7) is 9.24. The van der Waals surface area contributed by atoms with E-state index < -0.39 is 0 Å². The Labute approximate surface area is 132 Å². The van der Waals surface area contributed by atoms with Crippen molar-refractivity contribution in [2.45, 2.75) is 46.2 Å². The smallest absolute Gasteiger partial charge is 0.255 e. The second-order valence-electron chi connectivity index (χ2n) is 6.61. The van der Waals surface area contributed by atoms with Crippen LogP contribution in [-0.4, -0.2) is 4.57 Å². The van der Waals surface area contributed by atoms with Gasteiger partial charge in [0.05, 0.1) is 6.04 Å². The molecular weight excluding hydrogens is 272 g/mol. The molecule has 0 aliphatic heterocycles. The maximum Gasteiger partial charge on any atom is 0.255 e. The molecule has 0 spiro atoms. The molecule has 118 valence electrons. The third-order valence-electron chi connectivity index (χ3n) is 3.91. The van der Waals surface area contributed by atoms with E-state index in [-0.39, 0.29) is 11.6 Å². The summed E-state index contributed by atoms with van der Waals surface area (Å²) >= 11 is 0. The number of hydrogen-bond donors (Lipinski definition) is 1. The van der Waals surface area contributed by atoms with E-state index in [1.807, 2.05) is 30.5 Å². The van der Waals surface area contributed by atoms with Crippen LogP contribution in [0.2, 0.25) is 0 Å². The highest BCUT2D eigenvalue weighted by Gasteiger charge is 2.14. The van der Waals surface area contributed by atoms with Crippen LogP contribution >= 0.6 is 0 Å².